The van der Waals surface area contributed by atoms with Crippen LogP contribution in [0.2, 0.25) is 0 Å². The van der Waals surface area contributed by atoms with E-state index in [0.29, 0.717) is 0 Å². The van der Waals surface area contributed by atoms with Crippen LogP contribution in [0.1, 0.15) is 0 Å². The fourth-order valence-electron chi connectivity index (χ4n) is 0.361. The van der Waals surface area contributed by atoms with Gasteiger partial charge in [-0.1, -0.05) is 24.3 Å². The molecule has 0 aromatic carbocycles. The number of hydrogen-bond acceptors (Lipinski definition) is 1. The van der Waals surface area contributed by atoms with E-state index in [1.54, 1.807) is 6.08 Å². The van der Waals surface area contributed by atoms with E-state index in [0.717, 1.165) is 0 Å². The predicted octanol–water partition coefficient (Wildman–Crippen LogP) is 1.56. The number of rotatable bonds is 1. The topological polar surface area (TPSA) is 23.8 Å². The minimum absolute atomic E-state index is 1.21. The summed E-state index contributed by atoms with van der Waals surface area (Å²) in [6.07, 6.45) is 9.05. The van der Waals surface area contributed by atoms with E-state index in [4.69, 9.17) is 5.26 Å². The third kappa shape index (κ3) is 1.44. The van der Waals surface area contributed by atoms with E-state index in [9.17, 15) is 0 Å². The monoisotopic (exact) mass is 103 g/mol. The van der Waals surface area contributed by atoms with Crippen molar-refractivity contribution in [3.8, 4) is 6.07 Å². The molecule has 1 aliphatic carbocycles. The normalized spacial score (nSPS) is 14.1. The van der Waals surface area contributed by atoms with Gasteiger partial charge in [0.05, 0.1) is 6.07 Å². The Morgan fingerprint density at radius 1 is 1.50 bits per heavy atom. The molecule has 0 aromatic rings. The van der Waals surface area contributed by atoms with Gasteiger partial charge in [-0.2, -0.15) is 5.26 Å². The summed E-state index contributed by atoms with van der Waals surface area (Å²) in [5.74, 6) is 0. The van der Waals surface area contributed by atoms with Gasteiger partial charge >= 0.3 is 0 Å². The molecular weight excluding hydrogens is 98.1 g/mol. The zero-order valence-corrected chi connectivity index (χ0v) is 4.33. The smallest absolute Gasteiger partial charge is 0.0912 e. The van der Waals surface area contributed by atoms with Crippen molar-refractivity contribution in [1.29, 1.82) is 5.26 Å². The first-order valence-corrected chi connectivity index (χ1v) is 2.38. The number of nitrogens with zero attached hydrogens (tertiary/aromatic N) is 1. The lowest BCUT2D eigenvalue weighted by Gasteiger charge is -1.64. The van der Waals surface area contributed by atoms with Crippen molar-refractivity contribution in [2.24, 2.45) is 0 Å². The molecule has 1 heteroatoms. The molecule has 1 aliphatic rings. The fourth-order valence-corrected chi connectivity index (χ4v) is 0.361. The molecule has 0 heterocycles. The fraction of sp³-hybridized carbons (Fsp3) is 0. The molecule has 0 amide bonds. The highest BCUT2D eigenvalue weighted by atomic mass is 14.2. The Morgan fingerprint density at radius 2 is 2.25 bits per heavy atom. The average molecular weight is 103 g/mol. The Balaban J connectivity index is 2.34. The van der Waals surface area contributed by atoms with Gasteiger partial charge in [-0.25, -0.2) is 0 Å². The van der Waals surface area contributed by atoms with Gasteiger partial charge < -0.3 is 0 Å². The molecule has 38 valence electrons. The Bertz CT molecular complexity index is 193. The molecule has 0 spiro atoms. The highest BCUT2D eigenvalue weighted by Gasteiger charge is 1.92. The predicted molar refractivity (Wildman–Crippen MR) is 32.0 cm³/mol. The highest BCUT2D eigenvalue weighted by molar-refractivity contribution is 5.48. The summed E-state index contributed by atoms with van der Waals surface area (Å²) in [7, 11) is 0. The molecule has 0 atom stereocenters. The van der Waals surface area contributed by atoms with Gasteiger partial charge in [-0.3, -0.25) is 0 Å². The van der Waals surface area contributed by atoms with Crippen LogP contribution in [0, 0.1) is 11.3 Å². The standard InChI is InChI=1S/C7H5N/c8-6-2-1-3-7-4-5-7/h1-5H/b2-1-. The maximum Gasteiger partial charge on any atom is 0.0912 e. The average Bonchev–Trinajstić information content (AvgIpc) is 2.51. The van der Waals surface area contributed by atoms with Gasteiger partial charge in [0.2, 0.25) is 0 Å². The van der Waals surface area contributed by atoms with Crippen LogP contribution in [0.3, 0.4) is 0 Å². The minimum Gasteiger partial charge on any atom is -0.193 e. The number of hydrogen-bond donors (Lipinski definition) is 0. The summed E-state index contributed by atoms with van der Waals surface area (Å²) in [6.45, 7) is 0. The molecule has 1 nitrogen and oxygen atoms in total. The van der Waals surface area contributed by atoms with Gasteiger partial charge in [0, 0.05) is 6.08 Å². The Morgan fingerprint density at radius 3 is 2.75 bits per heavy atom. The lowest BCUT2D eigenvalue weighted by molar-refractivity contribution is 1.53. The third-order valence-corrected chi connectivity index (χ3v) is 0.819. The zero-order valence-electron chi connectivity index (χ0n) is 4.33. The molecule has 0 unspecified atom stereocenters. The van der Waals surface area contributed by atoms with Crippen LogP contribution >= 0.6 is 0 Å². The quantitative estimate of drug-likeness (QED) is 0.462. The van der Waals surface area contributed by atoms with Crippen molar-refractivity contribution in [3.63, 3.8) is 0 Å². The second-order valence-corrected chi connectivity index (χ2v) is 1.49. The van der Waals surface area contributed by atoms with Gasteiger partial charge in [0.15, 0.2) is 0 Å². The summed E-state index contributed by atoms with van der Waals surface area (Å²) >= 11 is 0. The maximum atomic E-state index is 8.01. The highest BCUT2D eigenvalue weighted by Crippen LogP contribution is 2.12. The van der Waals surface area contributed by atoms with Crippen LogP contribution < -0.4 is 0 Å². The van der Waals surface area contributed by atoms with E-state index in [2.05, 4.69) is 0 Å². The molecule has 8 heavy (non-hydrogen) atoms. The summed E-state index contributed by atoms with van der Waals surface area (Å²) in [4.78, 5) is 0. The van der Waals surface area contributed by atoms with E-state index in [1.807, 2.05) is 24.3 Å². The van der Waals surface area contributed by atoms with Crippen molar-refractivity contribution in [3.05, 3.63) is 36.0 Å². The van der Waals surface area contributed by atoms with E-state index in [-0.39, 0.29) is 0 Å². The molecule has 1 rings (SSSR count). The van der Waals surface area contributed by atoms with E-state index < -0.39 is 0 Å². The second kappa shape index (κ2) is 2.13. The van der Waals surface area contributed by atoms with Gasteiger partial charge in [-0.05, 0) is 5.57 Å². The molecule has 0 aromatic heterocycles. The molecule has 0 radical (unpaired) electrons. The van der Waals surface area contributed by atoms with Crippen LogP contribution in [-0.2, 0) is 0 Å². The first-order chi connectivity index (χ1) is 3.93. The van der Waals surface area contributed by atoms with Gasteiger partial charge in [-0.15, -0.1) is 0 Å². The minimum atomic E-state index is 1.21. The van der Waals surface area contributed by atoms with Crippen LogP contribution in [0.15, 0.2) is 36.0 Å². The van der Waals surface area contributed by atoms with Crippen LogP contribution in [0.25, 0.3) is 0 Å². The molecule has 0 fully saturated rings. The third-order valence-electron chi connectivity index (χ3n) is 0.819. The Labute approximate surface area is 48.2 Å². The zero-order chi connectivity index (χ0) is 5.82. The van der Waals surface area contributed by atoms with Crippen LogP contribution in [0.4, 0.5) is 0 Å². The molecule has 0 saturated heterocycles. The molecular formula is C7H5N. The summed E-state index contributed by atoms with van der Waals surface area (Å²) < 4.78 is 0. The molecule has 0 saturated carbocycles. The van der Waals surface area contributed by atoms with Crippen molar-refractivity contribution >= 4 is 0 Å². The molecule has 0 aliphatic heterocycles. The van der Waals surface area contributed by atoms with E-state index in [1.165, 1.54) is 11.6 Å². The second-order valence-electron chi connectivity index (χ2n) is 1.49. The first kappa shape index (κ1) is 4.86. The SMILES string of the molecule is N#C/C=C\C=C1C=C1. The summed E-state index contributed by atoms with van der Waals surface area (Å²) in [5.41, 5.74) is 1.21. The van der Waals surface area contributed by atoms with Crippen molar-refractivity contribution < 1.29 is 0 Å². The van der Waals surface area contributed by atoms with Crippen molar-refractivity contribution in [1.82, 2.24) is 0 Å². The van der Waals surface area contributed by atoms with Crippen LogP contribution in [0.5, 0.6) is 0 Å². The Hall–Kier alpha value is -1.29. The van der Waals surface area contributed by atoms with Gasteiger partial charge in [0.25, 0.3) is 0 Å². The lowest BCUT2D eigenvalue weighted by Crippen LogP contribution is -1.47. The molecule has 0 N–H and O–H groups in total. The van der Waals surface area contributed by atoms with E-state index >= 15 is 0 Å². The van der Waals surface area contributed by atoms with Gasteiger partial charge in [0.1, 0.15) is 0 Å². The Kier molecular flexibility index (Phi) is 1.29. The lowest BCUT2D eigenvalue weighted by atomic mass is 10.4. The van der Waals surface area contributed by atoms with Crippen LogP contribution in [-0.4, -0.2) is 0 Å². The molecule has 0 bridgehead atoms. The number of allylic oxidation sites excluding steroid dienone is 6. The first-order valence-electron chi connectivity index (χ1n) is 2.38. The van der Waals surface area contributed by atoms with Crippen molar-refractivity contribution in [2.75, 3.05) is 0 Å². The summed E-state index contributed by atoms with van der Waals surface area (Å²) in [5, 5.41) is 8.01. The number of nitriles is 1. The maximum absolute atomic E-state index is 8.01. The largest absolute Gasteiger partial charge is 0.193 e. The van der Waals surface area contributed by atoms with Crippen molar-refractivity contribution in [2.45, 2.75) is 0 Å². The summed E-state index contributed by atoms with van der Waals surface area (Å²) in [6, 6.07) is 1.90.